The highest BCUT2D eigenvalue weighted by Crippen LogP contribution is 2.24. The number of benzene rings is 1. The van der Waals surface area contributed by atoms with E-state index in [1.165, 1.54) is 10.6 Å². The normalized spacial score (nSPS) is 17.0. The molecule has 25 heavy (non-hydrogen) atoms. The van der Waals surface area contributed by atoms with Crippen LogP contribution in [-0.2, 0) is 26.5 Å². The van der Waals surface area contributed by atoms with Crippen molar-refractivity contribution in [3.05, 3.63) is 35.9 Å². The van der Waals surface area contributed by atoms with E-state index >= 15 is 0 Å². The summed E-state index contributed by atoms with van der Waals surface area (Å²) in [6.45, 7) is 0.300. The van der Waals surface area contributed by atoms with Crippen molar-refractivity contribution in [2.45, 2.75) is 44.6 Å². The number of hydrogen-bond donors (Lipinski definition) is 1. The number of rotatable bonds is 9. The van der Waals surface area contributed by atoms with Gasteiger partial charge in [-0.05, 0) is 24.8 Å². The Labute approximate surface area is 151 Å². The summed E-state index contributed by atoms with van der Waals surface area (Å²) in [5, 5.41) is 0. The zero-order chi connectivity index (χ0) is 18.3. The summed E-state index contributed by atoms with van der Waals surface area (Å²) in [5.41, 5.74) is 0.966. The van der Waals surface area contributed by atoms with Gasteiger partial charge in [0.15, 0.2) is 0 Å². The van der Waals surface area contributed by atoms with Crippen molar-refractivity contribution in [2.75, 3.05) is 25.1 Å². The average molecular weight is 389 g/mol. The lowest BCUT2D eigenvalue weighted by Gasteiger charge is -2.32. The second kappa shape index (κ2) is 9.12. The third-order valence-corrected chi connectivity index (χ3v) is 7.28. The van der Waals surface area contributed by atoms with Gasteiger partial charge in [-0.2, -0.15) is 4.31 Å². The van der Waals surface area contributed by atoms with E-state index in [4.69, 9.17) is 0 Å². The van der Waals surface area contributed by atoms with Crippen molar-refractivity contribution in [2.24, 2.45) is 0 Å². The Hall–Kier alpha value is -0.960. The van der Waals surface area contributed by atoms with E-state index in [9.17, 15) is 16.8 Å². The van der Waals surface area contributed by atoms with Crippen LogP contribution in [-0.4, -0.2) is 52.3 Å². The highest BCUT2D eigenvalue weighted by atomic mass is 32.2. The van der Waals surface area contributed by atoms with Gasteiger partial charge in [-0.15, -0.1) is 0 Å². The van der Waals surface area contributed by atoms with Crippen LogP contribution >= 0.6 is 0 Å². The Morgan fingerprint density at radius 3 is 2.28 bits per heavy atom. The van der Waals surface area contributed by atoms with Crippen LogP contribution in [0.2, 0.25) is 0 Å². The fraction of sp³-hybridized carbons (Fsp3) is 0.647. The van der Waals surface area contributed by atoms with Crippen LogP contribution in [0.3, 0.4) is 0 Å². The second-order valence-corrected chi connectivity index (χ2v) is 10.5. The fourth-order valence-corrected chi connectivity index (χ4v) is 5.49. The molecular weight excluding hydrogens is 360 g/mol. The van der Waals surface area contributed by atoms with E-state index in [1.807, 2.05) is 30.3 Å². The lowest BCUT2D eigenvalue weighted by Crippen LogP contribution is -2.45. The molecule has 1 saturated carbocycles. The smallest absolute Gasteiger partial charge is 0.211 e. The molecular formula is C17H28N2O4S2. The Kier molecular flexibility index (Phi) is 7.42. The molecule has 0 heterocycles. The van der Waals surface area contributed by atoms with Crippen molar-refractivity contribution >= 4 is 20.0 Å². The molecule has 0 radical (unpaired) electrons. The maximum absolute atomic E-state index is 12.1. The molecule has 0 aromatic heterocycles. The lowest BCUT2D eigenvalue weighted by atomic mass is 9.95. The van der Waals surface area contributed by atoms with E-state index in [1.54, 1.807) is 0 Å². The van der Waals surface area contributed by atoms with Crippen LogP contribution in [0.4, 0.5) is 0 Å². The first-order valence-corrected chi connectivity index (χ1v) is 12.3. The molecule has 0 unspecified atom stereocenters. The molecule has 0 spiro atoms. The van der Waals surface area contributed by atoms with Gasteiger partial charge in [-0.25, -0.2) is 21.6 Å². The molecule has 1 aromatic rings. The molecule has 0 atom stereocenters. The maximum atomic E-state index is 12.1. The Morgan fingerprint density at radius 2 is 1.68 bits per heavy atom. The van der Waals surface area contributed by atoms with Gasteiger partial charge in [-0.1, -0.05) is 49.6 Å². The molecule has 2 rings (SSSR count). The van der Waals surface area contributed by atoms with Gasteiger partial charge in [0.25, 0.3) is 0 Å². The van der Waals surface area contributed by atoms with Gasteiger partial charge in [0.1, 0.15) is 0 Å². The highest BCUT2D eigenvalue weighted by molar-refractivity contribution is 7.89. The summed E-state index contributed by atoms with van der Waals surface area (Å²) in [6.07, 6.45) is 6.54. The van der Waals surface area contributed by atoms with Gasteiger partial charge >= 0.3 is 0 Å². The van der Waals surface area contributed by atoms with Crippen LogP contribution in [0.15, 0.2) is 30.3 Å². The van der Waals surface area contributed by atoms with Crippen molar-refractivity contribution in [3.8, 4) is 0 Å². The molecule has 1 aliphatic carbocycles. The summed E-state index contributed by atoms with van der Waals surface area (Å²) in [6, 6.07) is 9.43. The first kappa shape index (κ1) is 20.4. The quantitative estimate of drug-likeness (QED) is 0.698. The second-order valence-electron chi connectivity index (χ2n) is 6.61. The monoisotopic (exact) mass is 388 g/mol. The predicted molar refractivity (Wildman–Crippen MR) is 100 cm³/mol. The molecule has 8 heteroatoms. The molecule has 1 aromatic carbocycles. The van der Waals surface area contributed by atoms with Gasteiger partial charge in [0.05, 0.1) is 12.0 Å². The third-order valence-electron chi connectivity index (χ3n) is 4.56. The number of hydrogen-bond acceptors (Lipinski definition) is 4. The van der Waals surface area contributed by atoms with Crippen molar-refractivity contribution in [1.29, 1.82) is 0 Å². The number of nitrogens with one attached hydrogen (secondary N) is 1. The molecule has 0 saturated heterocycles. The molecule has 1 fully saturated rings. The Morgan fingerprint density at radius 1 is 1.04 bits per heavy atom. The SMILES string of the molecule is CS(=O)(=O)N(CCNS(=O)(=O)CCc1ccccc1)C1CCCCC1. The number of nitrogens with zero attached hydrogens (tertiary/aromatic N) is 1. The summed E-state index contributed by atoms with van der Waals surface area (Å²) >= 11 is 0. The summed E-state index contributed by atoms with van der Waals surface area (Å²) < 4.78 is 52.4. The van der Waals surface area contributed by atoms with Crippen molar-refractivity contribution in [3.63, 3.8) is 0 Å². The molecule has 6 nitrogen and oxygen atoms in total. The van der Waals surface area contributed by atoms with Crippen LogP contribution in [0.25, 0.3) is 0 Å². The van der Waals surface area contributed by atoms with Crippen molar-refractivity contribution in [1.82, 2.24) is 9.03 Å². The summed E-state index contributed by atoms with van der Waals surface area (Å²) in [5.74, 6) is -0.000678. The van der Waals surface area contributed by atoms with Crippen molar-refractivity contribution < 1.29 is 16.8 Å². The standard InChI is InChI=1S/C17H28N2O4S2/c1-24(20,21)19(17-10-6-3-7-11-17)14-13-18-25(22,23)15-12-16-8-4-2-5-9-16/h2,4-5,8-9,17-18H,3,6-7,10-15H2,1H3. The minimum absolute atomic E-state index is 0.000678. The van der Waals surface area contributed by atoms with Gasteiger partial charge in [0, 0.05) is 19.1 Å². The largest absolute Gasteiger partial charge is 0.214 e. The number of aryl methyl sites for hydroxylation is 1. The van der Waals surface area contributed by atoms with Crippen LogP contribution in [0.1, 0.15) is 37.7 Å². The van der Waals surface area contributed by atoms with Crippen LogP contribution < -0.4 is 4.72 Å². The lowest BCUT2D eigenvalue weighted by molar-refractivity contribution is 0.257. The zero-order valence-corrected chi connectivity index (χ0v) is 16.4. The fourth-order valence-electron chi connectivity index (χ4n) is 3.27. The zero-order valence-electron chi connectivity index (χ0n) is 14.7. The van der Waals surface area contributed by atoms with Gasteiger partial charge < -0.3 is 0 Å². The van der Waals surface area contributed by atoms with E-state index < -0.39 is 20.0 Å². The van der Waals surface area contributed by atoms with Gasteiger partial charge in [-0.3, -0.25) is 0 Å². The first-order chi connectivity index (χ1) is 11.8. The van der Waals surface area contributed by atoms with Gasteiger partial charge in [0.2, 0.25) is 20.0 Å². The van der Waals surface area contributed by atoms with Crippen LogP contribution in [0, 0.1) is 0 Å². The Bertz CT molecular complexity index is 727. The van der Waals surface area contributed by atoms with E-state index in [0.717, 1.165) is 37.7 Å². The molecule has 0 aliphatic heterocycles. The molecule has 0 bridgehead atoms. The topological polar surface area (TPSA) is 83.6 Å². The number of sulfonamides is 2. The minimum Gasteiger partial charge on any atom is -0.214 e. The minimum atomic E-state index is -3.42. The van der Waals surface area contributed by atoms with E-state index in [-0.39, 0.29) is 24.9 Å². The van der Waals surface area contributed by atoms with Crippen LogP contribution in [0.5, 0.6) is 0 Å². The predicted octanol–water partition coefficient (Wildman–Crippen LogP) is 1.74. The van der Waals surface area contributed by atoms with E-state index in [0.29, 0.717) is 6.42 Å². The molecule has 0 amide bonds. The molecule has 1 aliphatic rings. The average Bonchev–Trinajstić information content (AvgIpc) is 2.58. The first-order valence-electron chi connectivity index (χ1n) is 8.76. The summed E-state index contributed by atoms with van der Waals surface area (Å²) in [7, 11) is -6.76. The molecule has 1 N–H and O–H groups in total. The van der Waals surface area contributed by atoms with E-state index in [2.05, 4.69) is 4.72 Å². The third kappa shape index (κ3) is 7.05. The highest BCUT2D eigenvalue weighted by Gasteiger charge is 2.27. The Balaban J connectivity index is 1.85. The maximum Gasteiger partial charge on any atom is 0.211 e. The molecule has 142 valence electrons. The summed E-state index contributed by atoms with van der Waals surface area (Å²) in [4.78, 5) is 0.